The number of hydrogen-bond acceptors (Lipinski definition) is 7. The van der Waals surface area contributed by atoms with Gasteiger partial charge >= 0.3 is 5.97 Å². The highest BCUT2D eigenvalue weighted by Crippen LogP contribution is 2.27. The van der Waals surface area contributed by atoms with Gasteiger partial charge in [-0.05, 0) is 25.5 Å². The van der Waals surface area contributed by atoms with Crippen LogP contribution in [0.2, 0.25) is 0 Å². The van der Waals surface area contributed by atoms with Crippen molar-refractivity contribution in [3.8, 4) is 6.07 Å². The number of rotatable bonds is 6. The Bertz CT molecular complexity index is 978. The molecule has 3 heterocycles. The Morgan fingerprint density at radius 2 is 2.18 bits per heavy atom. The summed E-state index contributed by atoms with van der Waals surface area (Å²) in [5.41, 5.74) is 3.74. The SMILES string of the molecule is CCOC(=O)c1c(NC2CN(CC)NC2CC)c(C#N)c(=O)n2ccccc12. The molecule has 148 valence electrons. The maximum atomic E-state index is 12.9. The van der Waals surface area contributed by atoms with Gasteiger partial charge in [-0.1, -0.05) is 19.9 Å². The van der Waals surface area contributed by atoms with Crippen LogP contribution in [0.15, 0.2) is 29.2 Å². The predicted octanol–water partition coefficient (Wildman–Crippen LogP) is 1.75. The first-order chi connectivity index (χ1) is 13.5. The minimum absolute atomic E-state index is 0.0595. The first-order valence-corrected chi connectivity index (χ1v) is 9.57. The van der Waals surface area contributed by atoms with Gasteiger partial charge in [0.05, 0.1) is 23.9 Å². The van der Waals surface area contributed by atoms with E-state index in [2.05, 4.69) is 29.6 Å². The van der Waals surface area contributed by atoms with Crippen LogP contribution in [0.1, 0.15) is 43.1 Å². The normalized spacial score (nSPS) is 19.5. The molecule has 0 saturated carbocycles. The van der Waals surface area contributed by atoms with Crippen LogP contribution >= 0.6 is 0 Å². The second-order valence-electron chi connectivity index (χ2n) is 6.65. The summed E-state index contributed by atoms with van der Waals surface area (Å²) >= 11 is 0. The zero-order valence-corrected chi connectivity index (χ0v) is 16.4. The van der Waals surface area contributed by atoms with Crippen molar-refractivity contribution in [3.63, 3.8) is 0 Å². The Labute approximate surface area is 163 Å². The molecule has 8 heteroatoms. The van der Waals surface area contributed by atoms with E-state index in [0.29, 0.717) is 12.1 Å². The molecule has 0 aromatic carbocycles. The second kappa shape index (κ2) is 8.42. The van der Waals surface area contributed by atoms with Crippen LogP contribution in [0.4, 0.5) is 5.69 Å². The van der Waals surface area contributed by atoms with Crippen molar-refractivity contribution >= 4 is 17.2 Å². The third-order valence-electron chi connectivity index (χ3n) is 5.04. The van der Waals surface area contributed by atoms with Crippen LogP contribution in [0.3, 0.4) is 0 Å². The molecule has 2 N–H and O–H groups in total. The lowest BCUT2D eigenvalue weighted by molar-refractivity contribution is 0.0529. The van der Waals surface area contributed by atoms with E-state index in [1.54, 1.807) is 31.3 Å². The van der Waals surface area contributed by atoms with Gasteiger partial charge in [-0.15, -0.1) is 0 Å². The van der Waals surface area contributed by atoms with E-state index in [0.717, 1.165) is 13.0 Å². The number of aromatic nitrogens is 1. The monoisotopic (exact) mass is 383 g/mol. The lowest BCUT2D eigenvalue weighted by Crippen LogP contribution is -2.38. The number of carbonyl (C=O) groups is 1. The first kappa shape index (κ1) is 19.9. The molecule has 0 bridgehead atoms. The molecule has 1 aliphatic heterocycles. The number of hydrogen-bond donors (Lipinski definition) is 2. The molecule has 2 aromatic heterocycles. The fraction of sp³-hybridized carbons (Fsp3) is 0.450. The van der Waals surface area contributed by atoms with E-state index >= 15 is 0 Å². The molecule has 28 heavy (non-hydrogen) atoms. The average molecular weight is 383 g/mol. The summed E-state index contributed by atoms with van der Waals surface area (Å²) in [6.45, 7) is 7.56. The number of nitrogens with zero attached hydrogens (tertiary/aromatic N) is 3. The highest BCUT2D eigenvalue weighted by Gasteiger charge is 2.33. The summed E-state index contributed by atoms with van der Waals surface area (Å²) in [6.07, 6.45) is 2.41. The van der Waals surface area contributed by atoms with E-state index < -0.39 is 11.5 Å². The molecule has 3 rings (SSSR count). The van der Waals surface area contributed by atoms with Gasteiger partial charge in [0.1, 0.15) is 17.2 Å². The average Bonchev–Trinajstić information content (AvgIpc) is 3.11. The summed E-state index contributed by atoms with van der Waals surface area (Å²) in [5, 5.41) is 15.1. The number of carbonyl (C=O) groups excluding carboxylic acids is 1. The van der Waals surface area contributed by atoms with Crippen LogP contribution in [-0.4, -0.2) is 47.2 Å². The van der Waals surface area contributed by atoms with Crippen molar-refractivity contribution < 1.29 is 9.53 Å². The number of nitriles is 1. The quantitative estimate of drug-likeness (QED) is 0.733. The van der Waals surface area contributed by atoms with E-state index in [1.807, 2.05) is 6.07 Å². The Kier molecular flexibility index (Phi) is 5.97. The summed E-state index contributed by atoms with van der Waals surface area (Å²) < 4.78 is 6.56. The lowest BCUT2D eigenvalue weighted by atomic mass is 10.0. The number of pyridine rings is 2. The molecule has 0 spiro atoms. The second-order valence-corrected chi connectivity index (χ2v) is 6.65. The van der Waals surface area contributed by atoms with Crippen molar-refractivity contribution in [1.82, 2.24) is 14.8 Å². The lowest BCUT2D eigenvalue weighted by Gasteiger charge is -2.22. The van der Waals surface area contributed by atoms with Gasteiger partial charge in [0.25, 0.3) is 5.56 Å². The highest BCUT2D eigenvalue weighted by molar-refractivity contribution is 6.04. The smallest absolute Gasteiger partial charge is 0.342 e. The van der Waals surface area contributed by atoms with Gasteiger partial charge in [-0.3, -0.25) is 9.20 Å². The molecule has 2 atom stereocenters. The minimum Gasteiger partial charge on any atom is -0.462 e. The van der Waals surface area contributed by atoms with Gasteiger partial charge in [-0.2, -0.15) is 5.26 Å². The van der Waals surface area contributed by atoms with Crippen LogP contribution in [0.5, 0.6) is 0 Å². The molecular formula is C20H25N5O3. The third kappa shape index (κ3) is 3.46. The predicted molar refractivity (Wildman–Crippen MR) is 106 cm³/mol. The Hall–Kier alpha value is -2.89. The van der Waals surface area contributed by atoms with Crippen LogP contribution in [0.25, 0.3) is 5.52 Å². The topological polar surface area (TPSA) is 98.9 Å². The van der Waals surface area contributed by atoms with Gasteiger partial charge in [0, 0.05) is 25.3 Å². The maximum Gasteiger partial charge on any atom is 0.342 e. The number of nitrogens with one attached hydrogen (secondary N) is 2. The number of ether oxygens (including phenoxy) is 1. The van der Waals surface area contributed by atoms with Crippen molar-refractivity contribution in [2.45, 2.75) is 39.3 Å². The van der Waals surface area contributed by atoms with Crippen LogP contribution in [0, 0.1) is 11.3 Å². The molecule has 1 fully saturated rings. The van der Waals surface area contributed by atoms with Crippen LogP contribution in [-0.2, 0) is 4.74 Å². The Morgan fingerprint density at radius 1 is 1.39 bits per heavy atom. The molecule has 2 unspecified atom stereocenters. The molecular weight excluding hydrogens is 358 g/mol. The molecule has 0 radical (unpaired) electrons. The molecule has 0 amide bonds. The van der Waals surface area contributed by atoms with Gasteiger partial charge in [0.15, 0.2) is 0 Å². The molecule has 2 aromatic rings. The largest absolute Gasteiger partial charge is 0.462 e. The molecule has 1 aliphatic rings. The Balaban J connectivity index is 2.20. The van der Waals surface area contributed by atoms with E-state index in [1.165, 1.54) is 4.40 Å². The third-order valence-corrected chi connectivity index (χ3v) is 5.04. The first-order valence-electron chi connectivity index (χ1n) is 9.57. The number of hydrazine groups is 1. The highest BCUT2D eigenvalue weighted by atomic mass is 16.5. The van der Waals surface area contributed by atoms with Crippen molar-refractivity contribution in [2.75, 3.05) is 25.0 Å². The number of esters is 1. The molecule has 0 aliphatic carbocycles. The number of anilines is 1. The van der Waals surface area contributed by atoms with Crippen molar-refractivity contribution in [3.05, 3.63) is 45.9 Å². The van der Waals surface area contributed by atoms with Crippen LogP contribution < -0.4 is 16.3 Å². The fourth-order valence-corrected chi connectivity index (χ4v) is 3.63. The van der Waals surface area contributed by atoms with Gasteiger partial charge < -0.3 is 10.1 Å². The van der Waals surface area contributed by atoms with Crippen molar-refractivity contribution in [2.24, 2.45) is 0 Å². The van der Waals surface area contributed by atoms with E-state index in [9.17, 15) is 14.9 Å². The van der Waals surface area contributed by atoms with Crippen molar-refractivity contribution in [1.29, 1.82) is 5.26 Å². The standard InChI is InChI=1S/C20H25N5O3/c1-4-14-15(12-24(5-2)23-14)22-18-13(11-21)19(26)25-10-8-7-9-16(25)17(18)20(27)28-6-3/h7-10,14-15,22-23H,4-6,12H2,1-3H3. The molecule has 8 nitrogen and oxygen atoms in total. The molecule has 1 saturated heterocycles. The zero-order valence-electron chi connectivity index (χ0n) is 16.4. The Morgan fingerprint density at radius 3 is 2.82 bits per heavy atom. The number of likely N-dealkylation sites (N-methyl/N-ethyl adjacent to an activating group) is 1. The minimum atomic E-state index is -0.559. The fourth-order valence-electron chi connectivity index (χ4n) is 3.63. The summed E-state index contributed by atoms with van der Waals surface area (Å²) in [7, 11) is 0. The maximum absolute atomic E-state index is 12.9. The number of fused-ring (bicyclic) bond motifs is 1. The van der Waals surface area contributed by atoms with Gasteiger partial charge in [0.2, 0.25) is 0 Å². The van der Waals surface area contributed by atoms with E-state index in [-0.39, 0.29) is 35.5 Å². The summed E-state index contributed by atoms with van der Waals surface area (Å²) in [4.78, 5) is 25.7. The van der Waals surface area contributed by atoms with Gasteiger partial charge in [-0.25, -0.2) is 15.2 Å². The summed E-state index contributed by atoms with van der Waals surface area (Å²) in [5.74, 6) is -0.559. The summed E-state index contributed by atoms with van der Waals surface area (Å²) in [6, 6.07) is 7.17. The zero-order chi connectivity index (χ0) is 20.3. The van der Waals surface area contributed by atoms with E-state index in [4.69, 9.17) is 4.74 Å².